The zero-order valence-corrected chi connectivity index (χ0v) is 10.4. The first-order valence-electron chi connectivity index (χ1n) is 6.15. The second kappa shape index (κ2) is 8.53. The van der Waals surface area contributed by atoms with Crippen LogP contribution in [0.1, 0.15) is 52.4 Å². The zero-order valence-electron chi connectivity index (χ0n) is 10.4. The van der Waals surface area contributed by atoms with Gasteiger partial charge < -0.3 is 15.9 Å². The van der Waals surface area contributed by atoms with Crippen LogP contribution in [-0.4, -0.2) is 28.3 Å². The van der Waals surface area contributed by atoms with Crippen molar-refractivity contribution in [3.8, 4) is 0 Å². The first-order chi connectivity index (χ1) is 7.49. The molecule has 0 heterocycles. The number of carbonyl (C=O) groups is 1. The van der Waals surface area contributed by atoms with Crippen LogP contribution in [0.15, 0.2) is 0 Å². The van der Waals surface area contributed by atoms with Crippen LogP contribution in [0.2, 0.25) is 0 Å². The topological polar surface area (TPSA) is 83.6 Å². The number of hydrogen-bond acceptors (Lipinski definition) is 3. The fraction of sp³-hybridized carbons (Fsp3) is 0.917. The van der Waals surface area contributed by atoms with Gasteiger partial charge in [0.2, 0.25) is 0 Å². The van der Waals surface area contributed by atoms with Crippen molar-refractivity contribution in [2.75, 3.05) is 0 Å². The lowest BCUT2D eigenvalue weighted by molar-refractivity contribution is -0.139. The highest BCUT2D eigenvalue weighted by Gasteiger charge is 2.17. The summed E-state index contributed by atoms with van der Waals surface area (Å²) in [5.41, 5.74) is 5.27. The summed E-state index contributed by atoms with van der Waals surface area (Å²) in [7, 11) is 0. The number of aliphatic hydroxyl groups is 1. The van der Waals surface area contributed by atoms with Crippen LogP contribution in [0.3, 0.4) is 0 Å². The molecule has 1 aliphatic rings. The second-order valence-electron chi connectivity index (χ2n) is 4.54. The number of aliphatic hydroxyl groups excluding tert-OH is 1. The minimum Gasteiger partial charge on any atom is -0.480 e. The Labute approximate surface area is 97.8 Å². The number of rotatable bonds is 3. The van der Waals surface area contributed by atoms with Crippen molar-refractivity contribution in [3.05, 3.63) is 0 Å². The Morgan fingerprint density at radius 2 is 1.88 bits per heavy atom. The molecule has 4 heteroatoms. The minimum atomic E-state index is -0.913. The van der Waals surface area contributed by atoms with Crippen molar-refractivity contribution in [1.82, 2.24) is 0 Å². The Bertz CT molecular complexity index is 191. The summed E-state index contributed by atoms with van der Waals surface area (Å²) < 4.78 is 0. The molecule has 0 aromatic heterocycles. The van der Waals surface area contributed by atoms with Crippen LogP contribution in [-0.2, 0) is 4.79 Å². The first kappa shape index (κ1) is 15.4. The van der Waals surface area contributed by atoms with E-state index in [0.717, 1.165) is 19.3 Å². The number of carboxylic acids is 1. The van der Waals surface area contributed by atoms with Gasteiger partial charge in [-0.1, -0.05) is 39.5 Å². The van der Waals surface area contributed by atoms with Crippen molar-refractivity contribution in [2.24, 2.45) is 11.7 Å². The van der Waals surface area contributed by atoms with Crippen molar-refractivity contribution in [1.29, 1.82) is 0 Å². The maximum atomic E-state index is 10.2. The molecule has 1 fully saturated rings. The normalized spacial score (nSPS) is 20.5. The molecular weight excluding hydrogens is 206 g/mol. The predicted octanol–water partition coefficient (Wildman–Crippen LogP) is 1.76. The van der Waals surface area contributed by atoms with Crippen LogP contribution < -0.4 is 5.73 Å². The Morgan fingerprint density at radius 3 is 2.06 bits per heavy atom. The van der Waals surface area contributed by atoms with Gasteiger partial charge in [0.25, 0.3) is 0 Å². The minimum absolute atomic E-state index is 0.0359. The summed E-state index contributed by atoms with van der Waals surface area (Å²) in [5.74, 6) is -0.841. The van der Waals surface area contributed by atoms with Crippen LogP contribution in [0, 0.1) is 5.92 Å². The number of aliphatic carboxylic acids is 1. The maximum Gasteiger partial charge on any atom is 0.320 e. The molecule has 0 aromatic rings. The van der Waals surface area contributed by atoms with E-state index in [1.54, 1.807) is 0 Å². The molecule has 4 N–H and O–H groups in total. The monoisotopic (exact) mass is 231 g/mol. The van der Waals surface area contributed by atoms with E-state index in [0.29, 0.717) is 0 Å². The Hall–Kier alpha value is -0.610. The molecule has 96 valence electrons. The van der Waals surface area contributed by atoms with Gasteiger partial charge in [-0.2, -0.15) is 0 Å². The summed E-state index contributed by atoms with van der Waals surface area (Å²) in [6.07, 6.45) is 6.74. The lowest BCUT2D eigenvalue weighted by atomic mass is 9.98. The molecule has 0 aromatic carbocycles. The molecule has 0 radical (unpaired) electrons. The van der Waals surface area contributed by atoms with Gasteiger partial charge in [0, 0.05) is 0 Å². The number of carboxylic acid groups (broad SMARTS) is 1. The number of hydrogen-bond donors (Lipinski definition) is 3. The Kier molecular flexibility index (Phi) is 8.21. The van der Waals surface area contributed by atoms with E-state index in [1.165, 1.54) is 19.3 Å². The maximum absolute atomic E-state index is 10.2. The summed E-state index contributed by atoms with van der Waals surface area (Å²) in [6, 6.07) is -0.699. The van der Waals surface area contributed by atoms with E-state index in [1.807, 2.05) is 13.8 Å². The van der Waals surface area contributed by atoms with Gasteiger partial charge >= 0.3 is 5.97 Å². The molecule has 2 atom stereocenters. The standard InChI is InChI=1S/C6H13NO2.C6H12O/c1-3-4(2)5(7)6(8)9;7-6-4-2-1-3-5-6/h4-5H,3,7H2,1-2H3,(H,8,9);6-7H,1-5H2. The van der Waals surface area contributed by atoms with E-state index in [9.17, 15) is 4.79 Å². The molecule has 0 spiro atoms. The molecule has 4 nitrogen and oxygen atoms in total. The fourth-order valence-corrected chi connectivity index (χ4v) is 1.58. The Morgan fingerprint density at radius 1 is 1.38 bits per heavy atom. The lowest BCUT2D eigenvalue weighted by Gasteiger charge is -2.14. The number of nitrogens with two attached hydrogens (primary N) is 1. The fourth-order valence-electron chi connectivity index (χ4n) is 1.58. The highest BCUT2D eigenvalue weighted by atomic mass is 16.4. The van der Waals surface area contributed by atoms with Crippen LogP contribution in [0.25, 0.3) is 0 Å². The third-order valence-electron chi connectivity index (χ3n) is 3.12. The van der Waals surface area contributed by atoms with Gasteiger partial charge in [0.15, 0.2) is 0 Å². The molecule has 2 unspecified atom stereocenters. The lowest BCUT2D eigenvalue weighted by Crippen LogP contribution is -2.36. The van der Waals surface area contributed by atoms with E-state index in [4.69, 9.17) is 15.9 Å². The van der Waals surface area contributed by atoms with Gasteiger partial charge in [-0.15, -0.1) is 0 Å². The molecule has 0 bridgehead atoms. The average molecular weight is 231 g/mol. The van der Waals surface area contributed by atoms with E-state index >= 15 is 0 Å². The molecule has 0 saturated heterocycles. The molecule has 1 saturated carbocycles. The quantitative estimate of drug-likeness (QED) is 0.691. The van der Waals surface area contributed by atoms with Gasteiger partial charge in [-0.3, -0.25) is 4.79 Å². The van der Waals surface area contributed by atoms with Crippen molar-refractivity contribution >= 4 is 5.97 Å². The first-order valence-corrected chi connectivity index (χ1v) is 6.15. The third kappa shape index (κ3) is 6.80. The molecule has 1 rings (SSSR count). The van der Waals surface area contributed by atoms with Crippen molar-refractivity contribution in [2.45, 2.75) is 64.5 Å². The van der Waals surface area contributed by atoms with Gasteiger partial charge in [0.05, 0.1) is 6.10 Å². The van der Waals surface area contributed by atoms with Gasteiger partial charge in [-0.25, -0.2) is 0 Å². The SMILES string of the molecule is CCC(C)C(N)C(=O)O.OC1CCCCC1. The highest BCUT2D eigenvalue weighted by Crippen LogP contribution is 2.16. The molecular formula is C12H25NO3. The van der Waals surface area contributed by atoms with E-state index < -0.39 is 12.0 Å². The average Bonchev–Trinajstić information content (AvgIpc) is 2.28. The van der Waals surface area contributed by atoms with E-state index in [2.05, 4.69) is 0 Å². The van der Waals surface area contributed by atoms with Crippen molar-refractivity contribution in [3.63, 3.8) is 0 Å². The Balaban J connectivity index is 0.000000288. The van der Waals surface area contributed by atoms with Crippen LogP contribution in [0.4, 0.5) is 0 Å². The molecule has 1 aliphatic carbocycles. The van der Waals surface area contributed by atoms with Crippen LogP contribution >= 0.6 is 0 Å². The molecule has 0 amide bonds. The summed E-state index contributed by atoms with van der Waals surface area (Å²) in [4.78, 5) is 10.2. The second-order valence-corrected chi connectivity index (χ2v) is 4.54. The van der Waals surface area contributed by atoms with E-state index in [-0.39, 0.29) is 12.0 Å². The van der Waals surface area contributed by atoms with Crippen molar-refractivity contribution < 1.29 is 15.0 Å². The highest BCUT2D eigenvalue weighted by molar-refractivity contribution is 5.73. The summed E-state index contributed by atoms with van der Waals surface area (Å²) in [6.45, 7) is 3.76. The molecule has 16 heavy (non-hydrogen) atoms. The zero-order chi connectivity index (χ0) is 12.6. The summed E-state index contributed by atoms with van der Waals surface area (Å²) >= 11 is 0. The van der Waals surface area contributed by atoms with Crippen LogP contribution in [0.5, 0.6) is 0 Å². The molecule has 0 aliphatic heterocycles. The van der Waals surface area contributed by atoms with Gasteiger partial charge in [-0.05, 0) is 18.8 Å². The largest absolute Gasteiger partial charge is 0.480 e. The third-order valence-corrected chi connectivity index (χ3v) is 3.12. The predicted molar refractivity (Wildman–Crippen MR) is 64.2 cm³/mol. The van der Waals surface area contributed by atoms with Gasteiger partial charge in [0.1, 0.15) is 6.04 Å². The smallest absolute Gasteiger partial charge is 0.320 e. The summed E-state index contributed by atoms with van der Waals surface area (Å²) in [5, 5.41) is 17.3.